The zero-order valence-electron chi connectivity index (χ0n) is 10.2. The molecule has 1 aromatic carbocycles. The van der Waals surface area contributed by atoms with Gasteiger partial charge in [-0.2, -0.15) is 5.26 Å². The van der Waals surface area contributed by atoms with E-state index in [4.69, 9.17) is 16.9 Å². The number of aromatic nitrogens is 1. The highest BCUT2D eigenvalue weighted by atomic mass is 35.5. The molecule has 0 bridgehead atoms. The number of pyridine rings is 1. The van der Waals surface area contributed by atoms with Crippen LogP contribution < -0.4 is 4.90 Å². The molecule has 2 aromatic rings. The Morgan fingerprint density at radius 3 is 2.79 bits per heavy atom. The minimum Gasteiger partial charge on any atom is -0.310 e. The highest BCUT2D eigenvalue weighted by Gasteiger charge is 2.18. The quantitative estimate of drug-likeness (QED) is 0.844. The summed E-state index contributed by atoms with van der Waals surface area (Å²) in [5.41, 5.74) is 1.33. The third kappa shape index (κ3) is 2.56. The Labute approximate surface area is 115 Å². The van der Waals surface area contributed by atoms with Crippen LogP contribution in [0.4, 0.5) is 5.69 Å². The average Bonchev–Trinajstić information content (AvgIpc) is 2.46. The van der Waals surface area contributed by atoms with Crippen molar-refractivity contribution >= 4 is 23.2 Å². The van der Waals surface area contributed by atoms with Crippen molar-refractivity contribution in [3.63, 3.8) is 0 Å². The van der Waals surface area contributed by atoms with Gasteiger partial charge in [0.1, 0.15) is 6.07 Å². The fourth-order valence-electron chi connectivity index (χ4n) is 1.70. The average molecular weight is 272 g/mol. The molecule has 0 unspecified atom stereocenters. The molecule has 5 heteroatoms. The molecule has 0 aliphatic carbocycles. The van der Waals surface area contributed by atoms with Crippen LogP contribution in [0.2, 0.25) is 5.02 Å². The van der Waals surface area contributed by atoms with Crippen LogP contribution in [-0.4, -0.2) is 17.9 Å². The number of carbonyl (C=O) groups is 1. The van der Waals surface area contributed by atoms with Crippen molar-refractivity contribution in [2.45, 2.75) is 0 Å². The van der Waals surface area contributed by atoms with Crippen molar-refractivity contribution in [1.82, 2.24) is 4.98 Å². The number of amides is 1. The van der Waals surface area contributed by atoms with Gasteiger partial charge in [0.15, 0.2) is 0 Å². The van der Waals surface area contributed by atoms with Gasteiger partial charge in [0.2, 0.25) is 0 Å². The second-order valence-corrected chi connectivity index (χ2v) is 4.26. The molecule has 1 heterocycles. The van der Waals surface area contributed by atoms with E-state index in [1.54, 1.807) is 37.4 Å². The second-order valence-electron chi connectivity index (χ2n) is 3.85. The van der Waals surface area contributed by atoms with E-state index in [0.717, 1.165) is 0 Å². The molecule has 0 saturated carbocycles. The highest BCUT2D eigenvalue weighted by molar-refractivity contribution is 6.34. The molecule has 19 heavy (non-hydrogen) atoms. The van der Waals surface area contributed by atoms with Crippen LogP contribution in [0.15, 0.2) is 42.7 Å². The SMILES string of the molecule is CN(C(=O)c1ccncc1Cl)c1ccccc1C#N. The van der Waals surface area contributed by atoms with Gasteiger partial charge in [0.05, 0.1) is 21.8 Å². The van der Waals surface area contributed by atoms with Crippen LogP contribution in [0.3, 0.4) is 0 Å². The van der Waals surface area contributed by atoms with E-state index < -0.39 is 0 Å². The molecule has 0 spiro atoms. The Kier molecular flexibility index (Phi) is 3.79. The van der Waals surface area contributed by atoms with Crippen LogP contribution in [0.5, 0.6) is 0 Å². The standard InChI is InChI=1S/C14H10ClN3O/c1-18(13-5-3-2-4-10(13)8-16)14(19)11-6-7-17-9-12(11)15/h2-7,9H,1H3. The third-order valence-electron chi connectivity index (χ3n) is 2.69. The summed E-state index contributed by atoms with van der Waals surface area (Å²) >= 11 is 5.95. The Balaban J connectivity index is 2.40. The number of nitriles is 1. The van der Waals surface area contributed by atoms with E-state index in [-0.39, 0.29) is 10.9 Å². The molecule has 4 nitrogen and oxygen atoms in total. The van der Waals surface area contributed by atoms with Gasteiger partial charge in [-0.25, -0.2) is 0 Å². The monoisotopic (exact) mass is 271 g/mol. The Morgan fingerprint density at radius 1 is 1.37 bits per heavy atom. The van der Waals surface area contributed by atoms with Crippen molar-refractivity contribution in [3.8, 4) is 6.07 Å². The summed E-state index contributed by atoms with van der Waals surface area (Å²) in [6, 6.07) is 10.5. The van der Waals surface area contributed by atoms with E-state index in [0.29, 0.717) is 16.8 Å². The first-order valence-corrected chi connectivity index (χ1v) is 5.89. The van der Waals surface area contributed by atoms with E-state index in [9.17, 15) is 4.79 Å². The van der Waals surface area contributed by atoms with Gasteiger partial charge < -0.3 is 4.90 Å². The zero-order valence-corrected chi connectivity index (χ0v) is 10.9. The van der Waals surface area contributed by atoms with Crippen molar-refractivity contribution in [3.05, 3.63) is 58.9 Å². The number of hydrogen-bond donors (Lipinski definition) is 0. The van der Waals surface area contributed by atoms with Gasteiger partial charge in [-0.3, -0.25) is 9.78 Å². The first-order chi connectivity index (χ1) is 9.15. The lowest BCUT2D eigenvalue weighted by Crippen LogP contribution is -2.27. The molecule has 0 aliphatic rings. The molecule has 0 saturated heterocycles. The van der Waals surface area contributed by atoms with Gasteiger partial charge >= 0.3 is 0 Å². The highest BCUT2D eigenvalue weighted by Crippen LogP contribution is 2.22. The molecule has 1 aromatic heterocycles. The molecule has 0 fully saturated rings. The summed E-state index contributed by atoms with van der Waals surface area (Å²) < 4.78 is 0. The Hall–Kier alpha value is -2.38. The second kappa shape index (κ2) is 5.51. The summed E-state index contributed by atoms with van der Waals surface area (Å²) in [6.45, 7) is 0. The number of hydrogen-bond acceptors (Lipinski definition) is 3. The minimum absolute atomic E-state index is 0.282. The fraction of sp³-hybridized carbons (Fsp3) is 0.0714. The van der Waals surface area contributed by atoms with Crippen LogP contribution in [0.25, 0.3) is 0 Å². The van der Waals surface area contributed by atoms with Gasteiger partial charge in [0.25, 0.3) is 5.91 Å². The van der Waals surface area contributed by atoms with Crippen LogP contribution >= 0.6 is 11.6 Å². The Bertz CT molecular complexity index is 664. The molecule has 0 atom stereocenters. The number of para-hydroxylation sites is 1. The van der Waals surface area contributed by atoms with Crippen molar-refractivity contribution in [2.75, 3.05) is 11.9 Å². The summed E-state index contributed by atoms with van der Waals surface area (Å²) in [4.78, 5) is 17.6. The molecule has 1 amide bonds. The lowest BCUT2D eigenvalue weighted by molar-refractivity contribution is 0.0993. The fourth-order valence-corrected chi connectivity index (χ4v) is 1.90. The first kappa shape index (κ1) is 13.1. The molecule has 0 radical (unpaired) electrons. The molecular formula is C14H10ClN3O. The van der Waals surface area contributed by atoms with Crippen molar-refractivity contribution in [2.24, 2.45) is 0 Å². The molecule has 0 aliphatic heterocycles. The summed E-state index contributed by atoms with van der Waals surface area (Å²) in [7, 11) is 1.61. The number of benzene rings is 1. The number of rotatable bonds is 2. The topological polar surface area (TPSA) is 57.0 Å². The maximum Gasteiger partial charge on any atom is 0.259 e. The Morgan fingerprint density at radius 2 is 2.11 bits per heavy atom. The number of anilines is 1. The number of nitrogens with zero attached hydrogens (tertiary/aromatic N) is 3. The molecule has 94 valence electrons. The summed E-state index contributed by atoms with van der Waals surface area (Å²) in [5, 5.41) is 9.34. The van der Waals surface area contributed by atoms with Crippen molar-refractivity contribution < 1.29 is 4.79 Å². The molecule has 0 N–H and O–H groups in total. The normalized spacial score (nSPS) is 9.74. The minimum atomic E-state index is -0.282. The number of halogens is 1. The van der Waals surface area contributed by atoms with Crippen LogP contribution in [0, 0.1) is 11.3 Å². The van der Waals surface area contributed by atoms with E-state index >= 15 is 0 Å². The van der Waals surface area contributed by atoms with Crippen LogP contribution in [-0.2, 0) is 0 Å². The van der Waals surface area contributed by atoms with Crippen molar-refractivity contribution in [1.29, 1.82) is 5.26 Å². The maximum atomic E-state index is 12.3. The lowest BCUT2D eigenvalue weighted by Gasteiger charge is -2.18. The first-order valence-electron chi connectivity index (χ1n) is 5.52. The summed E-state index contributed by atoms with van der Waals surface area (Å²) in [5.74, 6) is -0.282. The van der Waals surface area contributed by atoms with E-state index in [1.165, 1.54) is 17.3 Å². The number of carbonyl (C=O) groups excluding carboxylic acids is 1. The molecular weight excluding hydrogens is 262 g/mol. The van der Waals surface area contributed by atoms with E-state index in [2.05, 4.69) is 11.1 Å². The third-order valence-corrected chi connectivity index (χ3v) is 2.99. The predicted molar refractivity (Wildman–Crippen MR) is 73.1 cm³/mol. The molecule has 2 rings (SSSR count). The largest absolute Gasteiger partial charge is 0.310 e. The van der Waals surface area contributed by atoms with Gasteiger partial charge in [0, 0.05) is 19.4 Å². The van der Waals surface area contributed by atoms with Gasteiger partial charge in [-0.15, -0.1) is 0 Å². The smallest absolute Gasteiger partial charge is 0.259 e. The van der Waals surface area contributed by atoms with Gasteiger partial charge in [-0.1, -0.05) is 23.7 Å². The van der Waals surface area contributed by atoms with E-state index in [1.807, 2.05) is 0 Å². The predicted octanol–water partition coefficient (Wildman–Crippen LogP) is 2.88. The van der Waals surface area contributed by atoms with Crippen LogP contribution in [0.1, 0.15) is 15.9 Å². The zero-order chi connectivity index (χ0) is 13.8. The summed E-state index contributed by atoms with van der Waals surface area (Å²) in [6.07, 6.45) is 2.92. The lowest BCUT2D eigenvalue weighted by atomic mass is 10.1. The van der Waals surface area contributed by atoms with Gasteiger partial charge in [-0.05, 0) is 18.2 Å². The maximum absolute atomic E-state index is 12.3.